The summed E-state index contributed by atoms with van der Waals surface area (Å²) in [6.07, 6.45) is 2.66. The molecule has 3 fully saturated rings. The van der Waals surface area contributed by atoms with E-state index in [-0.39, 0.29) is 0 Å². The van der Waals surface area contributed by atoms with Crippen LogP contribution >= 0.6 is 0 Å². The minimum Gasteiger partial charge on any atom is -0.297 e. The molecular formula is C18H28N2. The number of aromatic nitrogens is 1. The fraction of sp³-hybridized carbons (Fsp3) is 0.722. The van der Waals surface area contributed by atoms with Gasteiger partial charge in [0.15, 0.2) is 0 Å². The van der Waals surface area contributed by atoms with Gasteiger partial charge in [-0.15, -0.1) is 0 Å². The summed E-state index contributed by atoms with van der Waals surface area (Å²) < 4.78 is 0. The summed E-state index contributed by atoms with van der Waals surface area (Å²) in [4.78, 5) is 7.48. The molecule has 0 amide bonds. The Bertz CT molecular complexity index is 513. The molecule has 110 valence electrons. The fourth-order valence-electron chi connectivity index (χ4n) is 5.25. The van der Waals surface area contributed by atoms with Crippen LogP contribution in [0.25, 0.3) is 0 Å². The van der Waals surface area contributed by atoms with Gasteiger partial charge >= 0.3 is 0 Å². The van der Waals surface area contributed by atoms with Gasteiger partial charge in [0.05, 0.1) is 0 Å². The van der Waals surface area contributed by atoms with E-state index in [1.165, 1.54) is 36.2 Å². The van der Waals surface area contributed by atoms with Gasteiger partial charge in [-0.1, -0.05) is 6.92 Å². The van der Waals surface area contributed by atoms with Crippen LogP contribution < -0.4 is 0 Å². The van der Waals surface area contributed by atoms with Gasteiger partial charge in [0.2, 0.25) is 0 Å². The maximum absolute atomic E-state index is 4.76. The maximum Gasteiger partial charge on any atom is 0.0414 e. The lowest BCUT2D eigenvalue weighted by Gasteiger charge is -2.59. The third-order valence-corrected chi connectivity index (χ3v) is 5.92. The first-order valence-corrected chi connectivity index (χ1v) is 8.04. The summed E-state index contributed by atoms with van der Waals surface area (Å²) in [7, 11) is 0. The lowest BCUT2D eigenvalue weighted by atomic mass is 9.58. The SMILES string of the molecule is Cc1cc(C)c(C2C(C)N3CCC2(C)CC3C)c(C)n1. The van der Waals surface area contributed by atoms with Crippen LogP contribution in [0, 0.1) is 26.2 Å². The first-order chi connectivity index (χ1) is 9.33. The van der Waals surface area contributed by atoms with Crippen LogP contribution in [0.4, 0.5) is 0 Å². The fourth-order valence-corrected chi connectivity index (χ4v) is 5.25. The number of hydrogen-bond acceptors (Lipinski definition) is 2. The molecule has 5 unspecified atom stereocenters. The van der Waals surface area contributed by atoms with Gasteiger partial charge < -0.3 is 0 Å². The van der Waals surface area contributed by atoms with Crippen molar-refractivity contribution in [1.29, 1.82) is 0 Å². The highest BCUT2D eigenvalue weighted by atomic mass is 15.2. The topological polar surface area (TPSA) is 16.1 Å². The van der Waals surface area contributed by atoms with Crippen molar-refractivity contribution < 1.29 is 0 Å². The van der Waals surface area contributed by atoms with Gasteiger partial charge in [0.1, 0.15) is 0 Å². The van der Waals surface area contributed by atoms with Crippen LogP contribution in [-0.4, -0.2) is 28.5 Å². The van der Waals surface area contributed by atoms with Crippen molar-refractivity contribution in [2.45, 2.75) is 72.4 Å². The third-order valence-electron chi connectivity index (χ3n) is 5.92. The maximum atomic E-state index is 4.76. The number of piperidine rings is 3. The van der Waals surface area contributed by atoms with Crippen LogP contribution in [0.15, 0.2) is 6.07 Å². The summed E-state index contributed by atoms with van der Waals surface area (Å²) in [5, 5.41) is 0. The van der Waals surface area contributed by atoms with Crippen LogP contribution in [0.3, 0.4) is 0 Å². The van der Waals surface area contributed by atoms with Crippen molar-refractivity contribution in [2.75, 3.05) is 6.54 Å². The molecule has 2 heteroatoms. The minimum atomic E-state index is 0.444. The van der Waals surface area contributed by atoms with E-state index in [1.54, 1.807) is 0 Å². The summed E-state index contributed by atoms with van der Waals surface area (Å²) in [5.74, 6) is 0.639. The second-order valence-electron chi connectivity index (χ2n) is 7.49. The first-order valence-electron chi connectivity index (χ1n) is 8.04. The standard InChI is InChI=1S/C18H28N2/c1-11-9-12(2)19-14(4)16(11)17-15(5)20-8-7-18(17,6)10-13(20)3/h9,13,15,17H,7-8,10H2,1-6H3. The normalized spacial score (nSPS) is 40.1. The van der Waals surface area contributed by atoms with Crippen LogP contribution in [0.2, 0.25) is 0 Å². The van der Waals surface area contributed by atoms with E-state index >= 15 is 0 Å². The molecule has 20 heavy (non-hydrogen) atoms. The number of hydrogen-bond donors (Lipinski definition) is 0. The zero-order valence-electron chi connectivity index (χ0n) is 13.8. The molecule has 4 heterocycles. The molecule has 1 aromatic rings. The molecule has 0 aromatic carbocycles. The second-order valence-corrected chi connectivity index (χ2v) is 7.49. The summed E-state index contributed by atoms with van der Waals surface area (Å²) in [5.41, 5.74) is 5.81. The number of nitrogens with zero attached hydrogens (tertiary/aromatic N) is 2. The molecule has 1 aromatic heterocycles. The molecule has 3 saturated heterocycles. The van der Waals surface area contributed by atoms with E-state index in [0.29, 0.717) is 17.4 Å². The van der Waals surface area contributed by atoms with Crippen molar-refractivity contribution in [3.05, 3.63) is 28.6 Å². The molecule has 5 atom stereocenters. The Hall–Kier alpha value is -0.890. The Morgan fingerprint density at radius 1 is 1.25 bits per heavy atom. The molecule has 0 N–H and O–H groups in total. The largest absolute Gasteiger partial charge is 0.297 e. The summed E-state index contributed by atoms with van der Waals surface area (Å²) >= 11 is 0. The van der Waals surface area contributed by atoms with Crippen molar-refractivity contribution in [3.63, 3.8) is 0 Å². The van der Waals surface area contributed by atoms with Gasteiger partial charge in [0, 0.05) is 29.4 Å². The molecule has 0 saturated carbocycles. The van der Waals surface area contributed by atoms with Crippen molar-refractivity contribution in [1.82, 2.24) is 9.88 Å². The van der Waals surface area contributed by atoms with E-state index in [1.807, 2.05) is 0 Å². The highest BCUT2D eigenvalue weighted by Crippen LogP contribution is 2.55. The molecule has 2 nitrogen and oxygen atoms in total. The summed E-state index contributed by atoms with van der Waals surface area (Å²) in [6, 6.07) is 3.64. The van der Waals surface area contributed by atoms with Gasteiger partial charge in [-0.05, 0) is 76.6 Å². The average molecular weight is 272 g/mol. The van der Waals surface area contributed by atoms with Crippen LogP contribution in [0.1, 0.15) is 62.0 Å². The molecule has 4 rings (SSSR count). The van der Waals surface area contributed by atoms with E-state index in [9.17, 15) is 0 Å². The quantitative estimate of drug-likeness (QED) is 0.768. The number of fused-ring (bicyclic) bond motifs is 3. The van der Waals surface area contributed by atoms with Crippen molar-refractivity contribution >= 4 is 0 Å². The third kappa shape index (κ3) is 1.92. The molecule has 0 aliphatic carbocycles. The Kier molecular flexibility index (Phi) is 3.20. The van der Waals surface area contributed by atoms with Crippen LogP contribution in [-0.2, 0) is 0 Å². The highest BCUT2D eigenvalue weighted by Gasteiger charge is 2.51. The Morgan fingerprint density at radius 2 is 1.95 bits per heavy atom. The predicted octanol–water partition coefficient (Wildman–Crippen LogP) is 3.98. The zero-order valence-corrected chi connectivity index (χ0v) is 13.8. The molecule has 2 bridgehead atoms. The van der Waals surface area contributed by atoms with E-state index in [2.05, 4.69) is 52.5 Å². The van der Waals surface area contributed by atoms with Crippen molar-refractivity contribution in [3.8, 4) is 0 Å². The molecule has 3 aliphatic heterocycles. The minimum absolute atomic E-state index is 0.444. The van der Waals surface area contributed by atoms with Gasteiger partial charge in [0.25, 0.3) is 0 Å². The molecule has 0 spiro atoms. The second kappa shape index (κ2) is 4.56. The molecule has 0 radical (unpaired) electrons. The number of aryl methyl sites for hydroxylation is 3. The monoisotopic (exact) mass is 272 g/mol. The van der Waals surface area contributed by atoms with Crippen LogP contribution in [0.5, 0.6) is 0 Å². The lowest BCUT2D eigenvalue weighted by molar-refractivity contribution is -0.0627. The summed E-state index contributed by atoms with van der Waals surface area (Å²) in [6.45, 7) is 15.2. The predicted molar refractivity (Wildman–Crippen MR) is 84.2 cm³/mol. The van der Waals surface area contributed by atoms with Gasteiger partial charge in [-0.3, -0.25) is 9.88 Å². The number of pyridine rings is 1. The van der Waals surface area contributed by atoms with Crippen molar-refractivity contribution in [2.24, 2.45) is 5.41 Å². The Morgan fingerprint density at radius 3 is 2.50 bits per heavy atom. The zero-order chi connectivity index (χ0) is 14.7. The average Bonchev–Trinajstić information content (AvgIpc) is 2.31. The number of rotatable bonds is 1. The lowest BCUT2D eigenvalue weighted by Crippen LogP contribution is -2.60. The highest BCUT2D eigenvalue weighted by molar-refractivity contribution is 5.38. The Labute approximate surface area is 123 Å². The van der Waals surface area contributed by atoms with E-state index < -0.39 is 0 Å². The molecule has 3 aliphatic rings. The first kappa shape index (κ1) is 14.1. The smallest absolute Gasteiger partial charge is 0.0414 e. The molecular weight excluding hydrogens is 244 g/mol. The van der Waals surface area contributed by atoms with E-state index in [4.69, 9.17) is 4.98 Å². The van der Waals surface area contributed by atoms with Gasteiger partial charge in [-0.2, -0.15) is 0 Å². The Balaban J connectivity index is 2.11. The van der Waals surface area contributed by atoms with E-state index in [0.717, 1.165) is 11.7 Å². The van der Waals surface area contributed by atoms with Gasteiger partial charge in [-0.25, -0.2) is 0 Å².